The lowest BCUT2D eigenvalue weighted by Gasteiger charge is -2.40. The Kier molecular flexibility index (Phi) is 52.1. The second-order valence-corrected chi connectivity index (χ2v) is 22.5. The van der Waals surface area contributed by atoms with Gasteiger partial charge in [-0.1, -0.05) is 301 Å². The molecule has 1 rings (SSSR count). The van der Waals surface area contributed by atoms with Crippen LogP contribution < -0.4 is 5.32 Å². The molecule has 436 valence electrons. The van der Waals surface area contributed by atoms with Crippen LogP contribution >= 0.6 is 0 Å². The maximum atomic E-state index is 13.1. The molecule has 1 saturated heterocycles. The second kappa shape index (κ2) is 54.8. The van der Waals surface area contributed by atoms with Crippen molar-refractivity contribution in [2.24, 2.45) is 0 Å². The van der Waals surface area contributed by atoms with Crippen molar-refractivity contribution in [3.05, 3.63) is 36.5 Å². The molecule has 1 aliphatic rings. The lowest BCUT2D eigenvalue weighted by atomic mass is 9.99. The van der Waals surface area contributed by atoms with E-state index in [0.29, 0.717) is 6.42 Å². The Morgan fingerprint density at radius 1 is 0.446 bits per heavy atom. The first-order valence-corrected chi connectivity index (χ1v) is 32.2. The molecule has 6 N–H and O–H groups in total. The molecular formula is C65H123NO8. The normalized spacial score (nSPS) is 19.1. The fourth-order valence-corrected chi connectivity index (χ4v) is 10.4. The second-order valence-electron chi connectivity index (χ2n) is 22.5. The standard InChI is InChI=1S/C65H123NO8/c1-3-5-7-9-11-13-15-17-19-21-23-24-25-26-27-28-29-30-31-32-33-34-35-36-37-39-41-43-45-47-49-51-53-55-61(69)66-58(57-73-65-64(72)63(71)62(70)60(56-67)74-65)59(68)54-52-50-48-46-44-42-40-38-22-20-18-16-14-12-10-8-6-4-2/h22,38,44,46,52,54,58-60,62-65,67-68,70-72H,3-21,23-37,39-43,45,47-51,53,55-57H2,1-2H3,(H,66,69)/b38-22+,46-44+,54-52+. The molecule has 7 atom stereocenters. The van der Waals surface area contributed by atoms with Gasteiger partial charge in [-0.3, -0.25) is 4.79 Å². The predicted octanol–water partition coefficient (Wildman–Crippen LogP) is 16.7. The van der Waals surface area contributed by atoms with Crippen LogP contribution in [0.4, 0.5) is 0 Å². The topological polar surface area (TPSA) is 149 Å². The highest BCUT2D eigenvalue weighted by atomic mass is 16.7. The molecule has 0 saturated carbocycles. The molecule has 9 heteroatoms. The number of hydrogen-bond acceptors (Lipinski definition) is 8. The monoisotopic (exact) mass is 1050 g/mol. The molecule has 1 heterocycles. The predicted molar refractivity (Wildman–Crippen MR) is 313 cm³/mol. The molecule has 1 amide bonds. The quantitative estimate of drug-likeness (QED) is 0.0261. The number of aliphatic hydroxyl groups is 5. The number of amides is 1. The Morgan fingerprint density at radius 3 is 1.14 bits per heavy atom. The molecule has 74 heavy (non-hydrogen) atoms. The largest absolute Gasteiger partial charge is 0.394 e. The molecular weight excluding hydrogens is 923 g/mol. The number of carbonyl (C=O) groups excluding carboxylic acids is 1. The van der Waals surface area contributed by atoms with Gasteiger partial charge in [0.1, 0.15) is 24.4 Å². The summed E-state index contributed by atoms with van der Waals surface area (Å²) in [5, 5.41) is 54.5. The number of rotatable bonds is 56. The van der Waals surface area contributed by atoms with Crippen LogP contribution in [0.1, 0.15) is 316 Å². The number of hydrogen-bond donors (Lipinski definition) is 6. The number of carbonyl (C=O) groups is 1. The van der Waals surface area contributed by atoms with Crippen molar-refractivity contribution in [3.63, 3.8) is 0 Å². The van der Waals surface area contributed by atoms with Crippen LogP contribution in [0.2, 0.25) is 0 Å². The van der Waals surface area contributed by atoms with Crippen molar-refractivity contribution in [1.82, 2.24) is 5.32 Å². The highest BCUT2D eigenvalue weighted by molar-refractivity contribution is 5.76. The van der Waals surface area contributed by atoms with Crippen molar-refractivity contribution in [2.45, 2.75) is 358 Å². The Morgan fingerprint density at radius 2 is 0.770 bits per heavy atom. The fourth-order valence-electron chi connectivity index (χ4n) is 10.4. The lowest BCUT2D eigenvalue weighted by molar-refractivity contribution is -0.302. The van der Waals surface area contributed by atoms with E-state index in [9.17, 15) is 30.3 Å². The minimum absolute atomic E-state index is 0.185. The highest BCUT2D eigenvalue weighted by Gasteiger charge is 2.44. The van der Waals surface area contributed by atoms with Crippen LogP contribution in [-0.2, 0) is 14.3 Å². The number of nitrogens with one attached hydrogen (secondary N) is 1. The maximum Gasteiger partial charge on any atom is 0.220 e. The molecule has 1 aliphatic heterocycles. The molecule has 0 spiro atoms. The Bertz CT molecular complexity index is 1260. The number of ether oxygens (including phenoxy) is 2. The Balaban J connectivity index is 2.13. The highest BCUT2D eigenvalue weighted by Crippen LogP contribution is 2.23. The first-order valence-electron chi connectivity index (χ1n) is 32.2. The molecule has 0 aromatic carbocycles. The van der Waals surface area contributed by atoms with Crippen LogP contribution in [0.3, 0.4) is 0 Å². The lowest BCUT2D eigenvalue weighted by Crippen LogP contribution is -2.60. The number of unbranched alkanes of at least 4 members (excludes halogenated alkanes) is 42. The zero-order chi connectivity index (χ0) is 53.6. The first-order chi connectivity index (χ1) is 36.3. The Hall–Kier alpha value is -1.59. The van der Waals surface area contributed by atoms with Gasteiger partial charge < -0.3 is 40.3 Å². The average Bonchev–Trinajstić information content (AvgIpc) is 3.40. The summed E-state index contributed by atoms with van der Waals surface area (Å²) >= 11 is 0. The van der Waals surface area contributed by atoms with Gasteiger partial charge in [-0.2, -0.15) is 0 Å². The first kappa shape index (κ1) is 70.4. The maximum absolute atomic E-state index is 13.1. The van der Waals surface area contributed by atoms with E-state index in [0.717, 1.165) is 44.9 Å². The average molecular weight is 1050 g/mol. The van der Waals surface area contributed by atoms with E-state index < -0.39 is 49.5 Å². The van der Waals surface area contributed by atoms with Crippen molar-refractivity contribution >= 4 is 5.91 Å². The zero-order valence-electron chi connectivity index (χ0n) is 48.6. The van der Waals surface area contributed by atoms with Crippen LogP contribution in [-0.4, -0.2) is 87.5 Å². The van der Waals surface area contributed by atoms with Crippen LogP contribution in [0.25, 0.3) is 0 Å². The van der Waals surface area contributed by atoms with Gasteiger partial charge >= 0.3 is 0 Å². The third-order valence-electron chi connectivity index (χ3n) is 15.4. The molecule has 0 aliphatic carbocycles. The summed E-state index contributed by atoms with van der Waals surface area (Å²) in [4.78, 5) is 13.1. The Labute approximate surface area is 457 Å². The van der Waals surface area contributed by atoms with Gasteiger partial charge in [0.15, 0.2) is 6.29 Å². The molecule has 0 radical (unpaired) electrons. The van der Waals surface area contributed by atoms with Gasteiger partial charge in [0, 0.05) is 6.42 Å². The van der Waals surface area contributed by atoms with Gasteiger partial charge in [-0.15, -0.1) is 0 Å². The molecule has 0 bridgehead atoms. The fraction of sp³-hybridized carbons (Fsp3) is 0.892. The molecule has 9 nitrogen and oxygen atoms in total. The van der Waals surface area contributed by atoms with Gasteiger partial charge in [-0.05, 0) is 44.9 Å². The van der Waals surface area contributed by atoms with Crippen LogP contribution in [0.15, 0.2) is 36.5 Å². The SMILES string of the molecule is CCCCCCCCCC/C=C/CC/C=C/CC/C=C/C(O)C(COC1OC(CO)C(O)C(O)C1O)NC(=O)CCCCCCCCCCCCCCCCCCCCCCCCCCCCCCCCCCC. The number of allylic oxidation sites excluding steroid dienone is 5. The van der Waals surface area contributed by atoms with E-state index in [1.807, 2.05) is 6.08 Å². The molecule has 0 aromatic heterocycles. The zero-order valence-corrected chi connectivity index (χ0v) is 48.6. The summed E-state index contributed by atoms with van der Waals surface area (Å²) in [6.07, 6.45) is 65.3. The van der Waals surface area contributed by atoms with Gasteiger partial charge in [0.05, 0.1) is 25.4 Å². The molecule has 7 unspecified atom stereocenters. The van der Waals surface area contributed by atoms with Gasteiger partial charge in [0.2, 0.25) is 5.91 Å². The van der Waals surface area contributed by atoms with Crippen LogP contribution in [0.5, 0.6) is 0 Å². The summed E-state index contributed by atoms with van der Waals surface area (Å²) in [7, 11) is 0. The third kappa shape index (κ3) is 43.4. The van der Waals surface area contributed by atoms with E-state index in [2.05, 4.69) is 43.5 Å². The van der Waals surface area contributed by atoms with E-state index in [1.54, 1.807) is 6.08 Å². The van der Waals surface area contributed by atoms with Crippen LogP contribution in [0, 0.1) is 0 Å². The smallest absolute Gasteiger partial charge is 0.220 e. The van der Waals surface area contributed by atoms with Crippen molar-refractivity contribution in [1.29, 1.82) is 0 Å². The van der Waals surface area contributed by atoms with E-state index in [-0.39, 0.29) is 12.5 Å². The van der Waals surface area contributed by atoms with E-state index in [4.69, 9.17) is 9.47 Å². The minimum atomic E-state index is -1.57. The summed E-state index contributed by atoms with van der Waals surface area (Å²) in [6, 6.07) is -0.826. The summed E-state index contributed by atoms with van der Waals surface area (Å²) in [6.45, 7) is 3.79. The van der Waals surface area contributed by atoms with Crippen molar-refractivity contribution in [3.8, 4) is 0 Å². The third-order valence-corrected chi connectivity index (χ3v) is 15.4. The van der Waals surface area contributed by atoms with Crippen molar-refractivity contribution in [2.75, 3.05) is 13.2 Å². The summed E-state index contributed by atoms with van der Waals surface area (Å²) in [5.74, 6) is -0.185. The number of aliphatic hydroxyl groups excluding tert-OH is 5. The van der Waals surface area contributed by atoms with Gasteiger partial charge in [0.25, 0.3) is 0 Å². The van der Waals surface area contributed by atoms with Crippen molar-refractivity contribution < 1.29 is 39.8 Å². The van der Waals surface area contributed by atoms with E-state index in [1.165, 1.54) is 250 Å². The molecule has 0 aromatic rings. The summed E-state index contributed by atoms with van der Waals surface area (Å²) < 4.78 is 11.3. The minimum Gasteiger partial charge on any atom is -0.394 e. The summed E-state index contributed by atoms with van der Waals surface area (Å²) in [5.41, 5.74) is 0. The van der Waals surface area contributed by atoms with E-state index >= 15 is 0 Å². The molecule has 1 fully saturated rings. The van der Waals surface area contributed by atoms with Gasteiger partial charge in [-0.25, -0.2) is 0 Å².